The van der Waals surface area contributed by atoms with Gasteiger partial charge in [-0.15, -0.1) is 0 Å². The number of piperazine rings is 1. The van der Waals surface area contributed by atoms with Crippen molar-refractivity contribution < 1.29 is 9.90 Å². The van der Waals surface area contributed by atoms with Crippen LogP contribution in [0.4, 0.5) is 4.79 Å². The van der Waals surface area contributed by atoms with Crippen LogP contribution in [0.25, 0.3) is 0 Å². The molecule has 1 atom stereocenters. The molecule has 5 nitrogen and oxygen atoms in total. The van der Waals surface area contributed by atoms with E-state index in [4.69, 9.17) is 0 Å². The van der Waals surface area contributed by atoms with E-state index < -0.39 is 0 Å². The minimum atomic E-state index is -0.166. The topological polar surface area (TPSA) is 55.8 Å². The molecule has 0 radical (unpaired) electrons. The highest BCUT2D eigenvalue weighted by Gasteiger charge is 2.32. The number of nitrogens with one attached hydrogen (secondary N) is 1. The van der Waals surface area contributed by atoms with Gasteiger partial charge in [0.15, 0.2) is 0 Å². The number of rotatable bonds is 4. The lowest BCUT2D eigenvalue weighted by Crippen LogP contribution is -2.53. The molecule has 2 amide bonds. The Bertz CT molecular complexity index is 284. The minimum absolute atomic E-state index is 0.0346. The van der Waals surface area contributed by atoms with Crippen molar-refractivity contribution in [3.8, 4) is 0 Å². The molecule has 2 fully saturated rings. The third-order valence-corrected chi connectivity index (χ3v) is 3.68. The molecule has 1 saturated heterocycles. The first kappa shape index (κ1) is 13.6. The normalized spacial score (nSPS) is 23.2. The summed E-state index contributed by atoms with van der Waals surface area (Å²) in [5.41, 5.74) is 0. The number of β-amino-alcohol motifs (C(OH)–C–C–N with tert-alkyl or cyclic N) is 1. The molecule has 18 heavy (non-hydrogen) atoms. The zero-order chi connectivity index (χ0) is 13.1. The average Bonchev–Trinajstić information content (AvgIpc) is 3.12. The number of urea groups is 1. The highest BCUT2D eigenvalue weighted by atomic mass is 16.3. The lowest BCUT2D eigenvalue weighted by molar-refractivity contribution is 0.0694. The summed E-state index contributed by atoms with van der Waals surface area (Å²) in [4.78, 5) is 15.9. The number of carbonyl (C=O) groups is 1. The van der Waals surface area contributed by atoms with Crippen LogP contribution < -0.4 is 5.32 Å². The second-order valence-electron chi connectivity index (χ2n) is 5.80. The Hall–Kier alpha value is -0.810. The zero-order valence-corrected chi connectivity index (χ0v) is 11.4. The van der Waals surface area contributed by atoms with Gasteiger partial charge in [0.2, 0.25) is 0 Å². The van der Waals surface area contributed by atoms with E-state index in [0.29, 0.717) is 5.92 Å². The Morgan fingerprint density at radius 2 is 1.89 bits per heavy atom. The molecule has 1 aliphatic heterocycles. The molecule has 0 aromatic rings. The van der Waals surface area contributed by atoms with Crippen LogP contribution in [-0.4, -0.2) is 65.8 Å². The maximum absolute atomic E-state index is 11.8. The fourth-order valence-corrected chi connectivity index (χ4v) is 2.37. The second-order valence-corrected chi connectivity index (χ2v) is 5.80. The van der Waals surface area contributed by atoms with E-state index in [1.807, 2.05) is 18.7 Å². The molecule has 2 aliphatic rings. The number of aliphatic hydroxyl groups excluding tert-OH is 1. The second kappa shape index (κ2) is 5.89. The van der Waals surface area contributed by atoms with Crippen molar-refractivity contribution in [1.29, 1.82) is 0 Å². The third kappa shape index (κ3) is 3.85. The first-order chi connectivity index (χ1) is 8.56. The number of amides is 2. The molecule has 0 bridgehead atoms. The van der Waals surface area contributed by atoms with Crippen LogP contribution in [0.5, 0.6) is 0 Å². The molecular weight excluding hydrogens is 230 g/mol. The summed E-state index contributed by atoms with van der Waals surface area (Å²) in [5, 5.41) is 12.8. The van der Waals surface area contributed by atoms with Gasteiger partial charge in [-0.05, 0) is 32.6 Å². The fourth-order valence-electron chi connectivity index (χ4n) is 2.37. The van der Waals surface area contributed by atoms with Crippen LogP contribution in [0, 0.1) is 5.92 Å². The standard InChI is InChI=1S/C13H25N3O2/c1-10(2)14-13(18)16-7-5-15(6-8-16)9-12(17)11-3-4-11/h10-12,17H,3-9H2,1-2H3,(H,14,18). The maximum atomic E-state index is 11.8. The summed E-state index contributed by atoms with van der Waals surface area (Å²) in [6.07, 6.45) is 2.19. The predicted molar refractivity (Wildman–Crippen MR) is 70.4 cm³/mol. The fraction of sp³-hybridized carbons (Fsp3) is 0.923. The molecule has 1 saturated carbocycles. The van der Waals surface area contributed by atoms with Gasteiger partial charge in [-0.3, -0.25) is 4.90 Å². The molecule has 0 aromatic carbocycles. The largest absolute Gasteiger partial charge is 0.392 e. The Kier molecular flexibility index (Phi) is 4.45. The van der Waals surface area contributed by atoms with Crippen molar-refractivity contribution >= 4 is 6.03 Å². The van der Waals surface area contributed by atoms with Crippen LogP contribution in [-0.2, 0) is 0 Å². The summed E-state index contributed by atoms with van der Waals surface area (Å²) in [7, 11) is 0. The van der Waals surface area contributed by atoms with E-state index in [1.54, 1.807) is 0 Å². The summed E-state index contributed by atoms with van der Waals surface area (Å²) >= 11 is 0. The molecule has 2 rings (SSSR count). The van der Waals surface area contributed by atoms with Gasteiger partial charge in [0, 0.05) is 38.8 Å². The van der Waals surface area contributed by atoms with E-state index in [1.165, 1.54) is 12.8 Å². The zero-order valence-electron chi connectivity index (χ0n) is 11.4. The summed E-state index contributed by atoms with van der Waals surface area (Å²) in [5.74, 6) is 0.535. The van der Waals surface area contributed by atoms with Crippen molar-refractivity contribution in [2.75, 3.05) is 32.7 Å². The lowest BCUT2D eigenvalue weighted by Gasteiger charge is -2.36. The van der Waals surface area contributed by atoms with Gasteiger partial charge in [0.1, 0.15) is 0 Å². The van der Waals surface area contributed by atoms with E-state index in [0.717, 1.165) is 32.7 Å². The van der Waals surface area contributed by atoms with Gasteiger partial charge >= 0.3 is 6.03 Å². The highest BCUT2D eigenvalue weighted by molar-refractivity contribution is 5.74. The molecule has 1 heterocycles. The number of carbonyl (C=O) groups excluding carboxylic acids is 1. The summed E-state index contributed by atoms with van der Waals surface area (Å²) in [6.45, 7) is 7.97. The Labute approximate surface area is 109 Å². The molecule has 5 heteroatoms. The molecular formula is C13H25N3O2. The number of aliphatic hydroxyl groups is 1. The molecule has 1 aliphatic carbocycles. The third-order valence-electron chi connectivity index (χ3n) is 3.68. The molecule has 0 aromatic heterocycles. The number of nitrogens with zero attached hydrogens (tertiary/aromatic N) is 2. The van der Waals surface area contributed by atoms with Crippen molar-refractivity contribution in [2.24, 2.45) is 5.92 Å². The predicted octanol–water partition coefficient (Wildman–Crippen LogP) is 0.493. The maximum Gasteiger partial charge on any atom is 0.317 e. The monoisotopic (exact) mass is 255 g/mol. The van der Waals surface area contributed by atoms with E-state index >= 15 is 0 Å². The van der Waals surface area contributed by atoms with E-state index in [-0.39, 0.29) is 18.2 Å². The summed E-state index contributed by atoms with van der Waals surface area (Å²) in [6, 6.07) is 0.222. The van der Waals surface area contributed by atoms with Crippen LogP contribution >= 0.6 is 0 Å². The Morgan fingerprint density at radius 1 is 1.28 bits per heavy atom. The van der Waals surface area contributed by atoms with Gasteiger partial charge < -0.3 is 15.3 Å². The molecule has 104 valence electrons. The smallest absolute Gasteiger partial charge is 0.317 e. The lowest BCUT2D eigenvalue weighted by atomic mass is 10.2. The Morgan fingerprint density at radius 3 is 2.39 bits per heavy atom. The SMILES string of the molecule is CC(C)NC(=O)N1CCN(CC(O)C2CC2)CC1. The van der Waals surface area contributed by atoms with Gasteiger partial charge in [-0.2, -0.15) is 0 Å². The van der Waals surface area contributed by atoms with Gasteiger partial charge in [0.05, 0.1) is 6.10 Å². The van der Waals surface area contributed by atoms with Crippen molar-refractivity contribution in [2.45, 2.75) is 38.8 Å². The van der Waals surface area contributed by atoms with Crippen LogP contribution in [0.3, 0.4) is 0 Å². The Balaban J connectivity index is 1.68. The number of hydrogen-bond acceptors (Lipinski definition) is 3. The molecule has 1 unspecified atom stereocenters. The first-order valence-corrected chi connectivity index (χ1v) is 7.02. The summed E-state index contributed by atoms with van der Waals surface area (Å²) < 4.78 is 0. The average molecular weight is 255 g/mol. The van der Waals surface area contributed by atoms with Gasteiger partial charge in [-0.1, -0.05) is 0 Å². The van der Waals surface area contributed by atoms with Crippen LogP contribution in [0.15, 0.2) is 0 Å². The van der Waals surface area contributed by atoms with E-state index in [2.05, 4.69) is 10.2 Å². The van der Waals surface area contributed by atoms with Crippen molar-refractivity contribution in [1.82, 2.24) is 15.1 Å². The van der Waals surface area contributed by atoms with Gasteiger partial charge in [0.25, 0.3) is 0 Å². The van der Waals surface area contributed by atoms with Crippen LogP contribution in [0.1, 0.15) is 26.7 Å². The van der Waals surface area contributed by atoms with E-state index in [9.17, 15) is 9.90 Å². The molecule has 0 spiro atoms. The molecule has 2 N–H and O–H groups in total. The first-order valence-electron chi connectivity index (χ1n) is 7.02. The van der Waals surface area contributed by atoms with Crippen LogP contribution in [0.2, 0.25) is 0 Å². The van der Waals surface area contributed by atoms with Crippen molar-refractivity contribution in [3.05, 3.63) is 0 Å². The highest BCUT2D eigenvalue weighted by Crippen LogP contribution is 2.32. The quantitative estimate of drug-likeness (QED) is 0.769. The van der Waals surface area contributed by atoms with Crippen molar-refractivity contribution in [3.63, 3.8) is 0 Å². The minimum Gasteiger partial charge on any atom is -0.392 e. The number of hydrogen-bond donors (Lipinski definition) is 2. The van der Waals surface area contributed by atoms with Gasteiger partial charge in [-0.25, -0.2) is 4.79 Å².